The van der Waals surface area contributed by atoms with Crippen LogP contribution in [0.3, 0.4) is 0 Å². The van der Waals surface area contributed by atoms with Crippen LogP contribution in [0.5, 0.6) is 0 Å². The summed E-state index contributed by atoms with van der Waals surface area (Å²) in [7, 11) is 0. The van der Waals surface area contributed by atoms with E-state index in [1.165, 1.54) is 0 Å². The molecule has 0 aromatic heterocycles. The zero-order valence-corrected chi connectivity index (χ0v) is 6.60. The van der Waals surface area contributed by atoms with Crippen molar-refractivity contribution < 1.29 is 11.3 Å². The number of hydrogen-bond donors (Lipinski definition) is 4. The summed E-state index contributed by atoms with van der Waals surface area (Å²) in [6.45, 7) is -0.838. The number of hydrogen-bond acceptors (Lipinski definition) is 3. The summed E-state index contributed by atoms with van der Waals surface area (Å²) in [5.74, 6) is -1.26. The molecule has 0 aromatic rings. The molecule has 0 heterocycles. The molecule has 0 fully saturated rings. The first-order valence-electron chi connectivity index (χ1n) is 4.00. The predicted octanol–water partition coefficient (Wildman–Crippen LogP) is -1.55. The summed E-state index contributed by atoms with van der Waals surface area (Å²) in [4.78, 5) is 13.8. The largest absolute Gasteiger partial charge is 0.480 e. The number of aliphatic imine (C=N–C) groups is 1. The Morgan fingerprint density at radius 3 is 2.67 bits per heavy atom. The molecule has 0 aliphatic carbocycles. The van der Waals surface area contributed by atoms with Crippen LogP contribution in [0.4, 0.5) is 0 Å². The lowest BCUT2D eigenvalue weighted by Gasteiger charge is -2.03. The second-order valence-corrected chi connectivity index (χ2v) is 2.26. The molecule has 0 aromatic carbocycles. The number of carbonyl (C=O) groups is 1. The van der Waals surface area contributed by atoms with Gasteiger partial charge in [0.2, 0.25) is 0 Å². The van der Waals surface area contributed by atoms with Gasteiger partial charge in [0, 0.05) is 6.52 Å². The van der Waals surface area contributed by atoms with Gasteiger partial charge < -0.3 is 22.3 Å². The lowest BCUT2D eigenvalue weighted by Crippen LogP contribution is -2.30. The van der Waals surface area contributed by atoms with E-state index in [0.29, 0.717) is 0 Å². The Hall–Kier alpha value is -1.30. The maximum Gasteiger partial charge on any atom is 0.320 e. The fraction of sp³-hybridized carbons (Fsp3) is 0.667. The van der Waals surface area contributed by atoms with Crippen molar-refractivity contribution in [2.24, 2.45) is 22.2 Å². The van der Waals surface area contributed by atoms with Crippen LogP contribution in [0, 0.1) is 0 Å². The van der Waals surface area contributed by atoms with E-state index in [-0.39, 0.29) is 18.8 Å². The second kappa shape index (κ2) is 5.36. The van der Waals surface area contributed by atoms with Gasteiger partial charge in [-0.3, -0.25) is 9.79 Å². The van der Waals surface area contributed by atoms with Gasteiger partial charge >= 0.3 is 5.97 Å². The van der Waals surface area contributed by atoms with Gasteiger partial charge in [0.15, 0.2) is 5.96 Å². The highest BCUT2D eigenvalue weighted by Crippen LogP contribution is 1.94. The Bertz CT molecular complexity index is 205. The zero-order valence-electron chi connectivity index (χ0n) is 7.60. The third-order valence-electron chi connectivity index (χ3n) is 1.16. The van der Waals surface area contributed by atoms with Crippen molar-refractivity contribution in [2.75, 3.05) is 6.52 Å². The summed E-state index contributed by atoms with van der Waals surface area (Å²) in [6, 6.07) is -0.956. The van der Waals surface area contributed by atoms with Crippen LogP contribution in [0.1, 0.15) is 14.2 Å². The highest BCUT2D eigenvalue weighted by atomic mass is 16.4. The third-order valence-corrected chi connectivity index (χ3v) is 1.16. The number of carboxylic acid groups (broad SMARTS) is 1. The molecule has 0 aliphatic rings. The molecule has 0 saturated heterocycles. The van der Waals surface area contributed by atoms with Gasteiger partial charge in [-0.15, -0.1) is 0 Å². The van der Waals surface area contributed by atoms with Crippen molar-refractivity contribution in [3.8, 4) is 0 Å². The van der Waals surface area contributed by atoms with E-state index in [9.17, 15) is 4.79 Å². The van der Waals surface area contributed by atoms with Gasteiger partial charge in [0.05, 0.1) is 1.37 Å². The number of aliphatic carboxylic acids is 1. The molecule has 0 radical (unpaired) electrons. The van der Waals surface area contributed by atoms with E-state index in [2.05, 4.69) is 4.99 Å². The van der Waals surface area contributed by atoms with Gasteiger partial charge in [-0.05, 0) is 12.8 Å². The molecular weight excluding hydrogens is 160 g/mol. The number of nitrogens with two attached hydrogens (primary N) is 3. The van der Waals surface area contributed by atoms with Gasteiger partial charge in [-0.2, -0.15) is 0 Å². The molecule has 2 atom stereocenters. The Labute approximate surface area is 71.8 Å². The topological polar surface area (TPSA) is 128 Å². The molecule has 12 heavy (non-hydrogen) atoms. The van der Waals surface area contributed by atoms with E-state index in [4.69, 9.17) is 23.7 Å². The highest BCUT2D eigenvalue weighted by molar-refractivity contribution is 5.75. The Morgan fingerprint density at radius 2 is 2.25 bits per heavy atom. The monoisotopic (exact) mass is 176 g/mol. The Morgan fingerprint density at radius 1 is 1.67 bits per heavy atom. The molecule has 6 nitrogen and oxygen atoms in total. The average Bonchev–Trinajstić information content (AvgIpc) is 1.98. The molecule has 6 heteroatoms. The van der Waals surface area contributed by atoms with Crippen molar-refractivity contribution in [3.05, 3.63) is 0 Å². The smallest absolute Gasteiger partial charge is 0.320 e. The van der Waals surface area contributed by atoms with Crippen LogP contribution in [0.15, 0.2) is 4.99 Å². The minimum absolute atomic E-state index is 0.177. The van der Waals surface area contributed by atoms with Gasteiger partial charge in [0.1, 0.15) is 6.04 Å². The van der Waals surface area contributed by atoms with Crippen LogP contribution in [0.25, 0.3) is 0 Å². The predicted molar refractivity (Wildman–Crippen MR) is 45.5 cm³/mol. The molecule has 0 amide bonds. The standard InChI is InChI=1S/C6H14N4O2/c7-4(5(11)12)2-1-3-10-6(8)9/h4H,1-3,7H2,(H,11,12)(H4,8,9,10)/t4-/m0/s1/i3T/t3?,4-. The zero-order chi connectivity index (χ0) is 10.4. The van der Waals surface area contributed by atoms with Crippen LogP contribution in [0.2, 0.25) is 0 Å². The molecule has 7 N–H and O–H groups in total. The number of guanidine groups is 1. The second-order valence-electron chi connectivity index (χ2n) is 2.26. The van der Waals surface area contributed by atoms with Crippen molar-refractivity contribution >= 4 is 11.9 Å². The molecule has 0 bridgehead atoms. The minimum atomic E-state index is -1.09. The van der Waals surface area contributed by atoms with Crippen LogP contribution >= 0.6 is 0 Å². The lowest BCUT2D eigenvalue weighted by molar-refractivity contribution is -0.138. The van der Waals surface area contributed by atoms with Gasteiger partial charge in [0.25, 0.3) is 0 Å². The minimum Gasteiger partial charge on any atom is -0.480 e. The maximum absolute atomic E-state index is 10.3. The fourth-order valence-corrected chi connectivity index (χ4v) is 0.548. The Kier molecular flexibility index (Phi) is 3.93. The van der Waals surface area contributed by atoms with Crippen molar-refractivity contribution in [1.29, 1.82) is 0 Å². The van der Waals surface area contributed by atoms with Crippen LogP contribution in [-0.2, 0) is 4.79 Å². The van der Waals surface area contributed by atoms with Crippen LogP contribution in [-0.4, -0.2) is 29.6 Å². The number of rotatable bonds is 5. The average molecular weight is 176 g/mol. The van der Waals surface area contributed by atoms with Crippen molar-refractivity contribution in [2.45, 2.75) is 18.9 Å². The summed E-state index contributed by atoms with van der Waals surface area (Å²) in [5, 5.41) is 8.41. The fourth-order valence-electron chi connectivity index (χ4n) is 0.548. The van der Waals surface area contributed by atoms with E-state index >= 15 is 0 Å². The van der Waals surface area contributed by atoms with E-state index in [1.54, 1.807) is 0 Å². The number of carboxylic acids is 1. The quantitative estimate of drug-likeness (QED) is 0.298. The lowest BCUT2D eigenvalue weighted by atomic mass is 10.2. The van der Waals surface area contributed by atoms with Crippen molar-refractivity contribution in [3.63, 3.8) is 0 Å². The molecule has 0 aliphatic heterocycles. The maximum atomic E-state index is 10.3. The van der Waals surface area contributed by atoms with Crippen molar-refractivity contribution in [1.82, 2.24) is 0 Å². The van der Waals surface area contributed by atoms with Gasteiger partial charge in [-0.1, -0.05) is 0 Å². The van der Waals surface area contributed by atoms with Crippen LogP contribution < -0.4 is 17.2 Å². The molecule has 70 valence electrons. The summed E-state index contributed by atoms with van der Waals surface area (Å²) >= 11 is 0. The molecular formula is C6H14N4O2. The first-order valence-corrected chi connectivity index (χ1v) is 3.43. The van der Waals surface area contributed by atoms with E-state index in [0.717, 1.165) is 0 Å². The Balaban J connectivity index is 3.76. The number of nitrogens with zero attached hydrogens (tertiary/aromatic N) is 1. The SMILES string of the molecule is [3H]C(CC[C@H](N)C(=O)O)N=C(N)N. The molecule has 0 rings (SSSR count). The molecule has 1 unspecified atom stereocenters. The third kappa shape index (κ3) is 5.48. The van der Waals surface area contributed by atoms with E-state index < -0.39 is 18.5 Å². The summed E-state index contributed by atoms with van der Waals surface area (Å²) in [6.07, 6.45) is 0.408. The molecule has 0 saturated carbocycles. The van der Waals surface area contributed by atoms with E-state index in [1.807, 2.05) is 0 Å². The highest BCUT2D eigenvalue weighted by Gasteiger charge is 2.09. The first kappa shape index (κ1) is 8.79. The first-order chi connectivity index (χ1) is 5.93. The summed E-state index contributed by atoms with van der Waals surface area (Å²) in [5.41, 5.74) is 15.2. The van der Waals surface area contributed by atoms with Gasteiger partial charge in [-0.25, -0.2) is 0 Å². The molecule has 0 spiro atoms. The summed E-state index contributed by atoms with van der Waals surface area (Å²) < 4.78 is 7.24. The normalized spacial score (nSPS) is 15.9.